The minimum Gasteiger partial charge on any atom is -0.493 e. The van der Waals surface area contributed by atoms with E-state index in [0.717, 1.165) is 0 Å². The second-order valence-electron chi connectivity index (χ2n) is 4.67. The monoisotopic (exact) mass is 330 g/mol. The molecule has 2 amide bonds. The Kier molecular flexibility index (Phi) is 6.01. The zero-order chi connectivity index (χ0) is 17.4. The summed E-state index contributed by atoms with van der Waals surface area (Å²) in [4.78, 5) is 23.7. The van der Waals surface area contributed by atoms with Crippen LogP contribution in [0, 0.1) is 0 Å². The highest BCUT2D eigenvalue weighted by Gasteiger charge is 2.11. The topological polar surface area (TPSA) is 85.9 Å². The summed E-state index contributed by atoms with van der Waals surface area (Å²) in [7, 11) is 2.98. The van der Waals surface area contributed by atoms with E-state index in [1.807, 2.05) is 6.07 Å². The van der Waals surface area contributed by atoms with Gasteiger partial charge in [0, 0.05) is 5.56 Å². The largest absolute Gasteiger partial charge is 0.493 e. The molecule has 24 heavy (non-hydrogen) atoms. The minimum absolute atomic E-state index is 0.212. The molecule has 0 unspecified atom stereocenters. The SMILES string of the molecule is COc1ccc(C(=O)NNC(=O)COc2ccccc2)cc1OC. The lowest BCUT2D eigenvalue weighted by molar-refractivity contribution is -0.123. The van der Waals surface area contributed by atoms with Gasteiger partial charge in [-0.15, -0.1) is 0 Å². The molecule has 7 nitrogen and oxygen atoms in total. The first-order valence-electron chi connectivity index (χ1n) is 7.13. The summed E-state index contributed by atoms with van der Waals surface area (Å²) >= 11 is 0. The molecule has 7 heteroatoms. The predicted octanol–water partition coefficient (Wildman–Crippen LogP) is 1.54. The summed E-state index contributed by atoms with van der Waals surface area (Å²) in [5.41, 5.74) is 4.91. The Balaban J connectivity index is 1.85. The van der Waals surface area contributed by atoms with E-state index in [4.69, 9.17) is 14.2 Å². The Morgan fingerprint density at radius 2 is 1.62 bits per heavy atom. The highest BCUT2D eigenvalue weighted by atomic mass is 16.5. The van der Waals surface area contributed by atoms with Crippen LogP contribution in [0.1, 0.15) is 10.4 Å². The van der Waals surface area contributed by atoms with Crippen LogP contribution in [0.15, 0.2) is 48.5 Å². The molecule has 0 aliphatic rings. The van der Waals surface area contributed by atoms with Crippen molar-refractivity contribution >= 4 is 11.8 Å². The van der Waals surface area contributed by atoms with Crippen molar-refractivity contribution < 1.29 is 23.8 Å². The molecule has 0 heterocycles. The second-order valence-corrected chi connectivity index (χ2v) is 4.67. The normalized spacial score (nSPS) is 9.75. The average molecular weight is 330 g/mol. The molecule has 0 aliphatic carbocycles. The average Bonchev–Trinajstić information content (AvgIpc) is 2.64. The third kappa shape index (κ3) is 4.64. The van der Waals surface area contributed by atoms with Crippen LogP contribution in [0.3, 0.4) is 0 Å². The van der Waals surface area contributed by atoms with Gasteiger partial charge in [-0.3, -0.25) is 20.4 Å². The number of ether oxygens (including phenoxy) is 3. The standard InChI is InChI=1S/C17H18N2O5/c1-22-14-9-8-12(10-15(14)23-2)17(21)19-18-16(20)11-24-13-6-4-3-5-7-13/h3-10H,11H2,1-2H3,(H,18,20)(H,19,21). The predicted molar refractivity (Wildman–Crippen MR) is 87.1 cm³/mol. The third-order valence-corrected chi connectivity index (χ3v) is 3.07. The number of hydrogen-bond acceptors (Lipinski definition) is 5. The van der Waals surface area contributed by atoms with Gasteiger partial charge in [-0.1, -0.05) is 18.2 Å². The lowest BCUT2D eigenvalue weighted by atomic mass is 10.2. The summed E-state index contributed by atoms with van der Waals surface area (Å²) < 4.78 is 15.5. The van der Waals surface area contributed by atoms with Gasteiger partial charge >= 0.3 is 0 Å². The number of para-hydroxylation sites is 1. The van der Waals surface area contributed by atoms with Crippen LogP contribution in [-0.4, -0.2) is 32.6 Å². The fraction of sp³-hybridized carbons (Fsp3) is 0.176. The Bertz CT molecular complexity index is 703. The van der Waals surface area contributed by atoms with E-state index in [-0.39, 0.29) is 6.61 Å². The lowest BCUT2D eigenvalue weighted by Crippen LogP contribution is -2.43. The Morgan fingerprint density at radius 1 is 0.917 bits per heavy atom. The van der Waals surface area contributed by atoms with Gasteiger partial charge in [0.25, 0.3) is 11.8 Å². The van der Waals surface area contributed by atoms with E-state index >= 15 is 0 Å². The van der Waals surface area contributed by atoms with Crippen LogP contribution >= 0.6 is 0 Å². The fourth-order valence-corrected chi connectivity index (χ4v) is 1.88. The van der Waals surface area contributed by atoms with Gasteiger partial charge in [-0.2, -0.15) is 0 Å². The van der Waals surface area contributed by atoms with Crippen LogP contribution in [-0.2, 0) is 4.79 Å². The Morgan fingerprint density at radius 3 is 2.29 bits per heavy atom. The zero-order valence-electron chi connectivity index (χ0n) is 13.4. The van der Waals surface area contributed by atoms with E-state index in [9.17, 15) is 9.59 Å². The molecule has 0 aromatic heterocycles. The molecular weight excluding hydrogens is 312 g/mol. The van der Waals surface area contributed by atoms with Crippen molar-refractivity contribution in [3.05, 3.63) is 54.1 Å². The van der Waals surface area contributed by atoms with E-state index in [1.165, 1.54) is 20.3 Å². The first kappa shape index (κ1) is 17.1. The van der Waals surface area contributed by atoms with Gasteiger partial charge in [0.2, 0.25) is 0 Å². The van der Waals surface area contributed by atoms with Crippen LogP contribution in [0.25, 0.3) is 0 Å². The third-order valence-electron chi connectivity index (χ3n) is 3.07. The number of nitrogens with one attached hydrogen (secondary N) is 2. The van der Waals surface area contributed by atoms with Crippen molar-refractivity contribution in [2.24, 2.45) is 0 Å². The molecule has 0 fully saturated rings. The van der Waals surface area contributed by atoms with Crippen molar-refractivity contribution in [3.8, 4) is 17.2 Å². The van der Waals surface area contributed by atoms with Crippen molar-refractivity contribution in [1.82, 2.24) is 10.9 Å². The Hall–Kier alpha value is -3.22. The van der Waals surface area contributed by atoms with Crippen molar-refractivity contribution in [1.29, 1.82) is 0 Å². The Labute approximate surface area is 139 Å². The van der Waals surface area contributed by atoms with E-state index in [1.54, 1.807) is 36.4 Å². The molecule has 2 rings (SSSR count). The van der Waals surface area contributed by atoms with E-state index in [0.29, 0.717) is 22.8 Å². The van der Waals surface area contributed by atoms with E-state index in [2.05, 4.69) is 10.9 Å². The van der Waals surface area contributed by atoms with E-state index < -0.39 is 11.8 Å². The second kappa shape index (κ2) is 8.42. The summed E-state index contributed by atoms with van der Waals surface area (Å²) in [5.74, 6) is 0.536. The van der Waals surface area contributed by atoms with Gasteiger partial charge in [0.05, 0.1) is 14.2 Å². The number of benzene rings is 2. The number of amides is 2. The maximum absolute atomic E-state index is 12.0. The molecule has 2 N–H and O–H groups in total. The van der Waals surface area contributed by atoms with Gasteiger partial charge in [-0.05, 0) is 30.3 Å². The maximum Gasteiger partial charge on any atom is 0.276 e. The summed E-state index contributed by atoms with van der Waals surface area (Å²) in [6.07, 6.45) is 0. The highest BCUT2D eigenvalue weighted by Crippen LogP contribution is 2.27. The summed E-state index contributed by atoms with van der Waals surface area (Å²) in [5, 5.41) is 0. The minimum atomic E-state index is -0.482. The number of methoxy groups -OCH3 is 2. The van der Waals surface area contributed by atoms with Gasteiger partial charge in [-0.25, -0.2) is 0 Å². The van der Waals surface area contributed by atoms with Crippen molar-refractivity contribution in [3.63, 3.8) is 0 Å². The summed E-state index contributed by atoms with van der Waals surface area (Å²) in [6.45, 7) is -0.212. The quantitative estimate of drug-likeness (QED) is 0.785. The molecule has 0 radical (unpaired) electrons. The first-order valence-corrected chi connectivity index (χ1v) is 7.13. The number of rotatable bonds is 6. The molecule has 0 spiro atoms. The van der Waals surface area contributed by atoms with Gasteiger partial charge < -0.3 is 14.2 Å². The molecule has 0 aliphatic heterocycles. The molecule has 2 aromatic rings. The van der Waals surface area contributed by atoms with Crippen molar-refractivity contribution in [2.75, 3.05) is 20.8 Å². The lowest BCUT2D eigenvalue weighted by Gasteiger charge is -2.11. The maximum atomic E-state index is 12.0. The van der Waals surface area contributed by atoms with Crippen molar-refractivity contribution in [2.45, 2.75) is 0 Å². The number of carbonyl (C=O) groups is 2. The molecular formula is C17H18N2O5. The van der Waals surface area contributed by atoms with Crippen LogP contribution in [0.4, 0.5) is 0 Å². The zero-order valence-corrected chi connectivity index (χ0v) is 13.4. The molecule has 2 aromatic carbocycles. The number of hydrogen-bond donors (Lipinski definition) is 2. The van der Waals surface area contributed by atoms with Crippen LogP contribution in [0.5, 0.6) is 17.2 Å². The summed E-state index contributed by atoms with van der Waals surface area (Å²) in [6, 6.07) is 13.6. The van der Waals surface area contributed by atoms with Crippen LogP contribution in [0.2, 0.25) is 0 Å². The molecule has 0 saturated carbocycles. The number of hydrazine groups is 1. The highest BCUT2D eigenvalue weighted by molar-refractivity contribution is 5.96. The van der Waals surface area contributed by atoms with Gasteiger partial charge in [0.1, 0.15) is 5.75 Å². The smallest absolute Gasteiger partial charge is 0.276 e. The number of carbonyl (C=O) groups excluding carboxylic acids is 2. The van der Waals surface area contributed by atoms with Crippen LogP contribution < -0.4 is 25.1 Å². The molecule has 0 atom stereocenters. The molecule has 126 valence electrons. The molecule has 0 bridgehead atoms. The van der Waals surface area contributed by atoms with Gasteiger partial charge in [0.15, 0.2) is 18.1 Å². The molecule has 0 saturated heterocycles. The fourth-order valence-electron chi connectivity index (χ4n) is 1.88. The first-order chi connectivity index (χ1) is 11.6.